The molecular weight excluding hydrogens is 566 g/mol. The van der Waals surface area contributed by atoms with E-state index in [-0.39, 0.29) is 23.9 Å². The first-order valence-electron chi connectivity index (χ1n) is 13.7. The fourth-order valence-corrected chi connectivity index (χ4v) is 5.88. The van der Waals surface area contributed by atoms with Gasteiger partial charge in [-0.15, -0.1) is 0 Å². The molecule has 2 aromatic heterocycles. The van der Waals surface area contributed by atoms with E-state index < -0.39 is 0 Å². The van der Waals surface area contributed by atoms with Crippen molar-refractivity contribution in [2.75, 3.05) is 5.32 Å². The number of nitrogens with zero attached hydrogens (tertiary/aromatic N) is 4. The first-order valence-corrected chi connectivity index (χ1v) is 14.5. The number of fused-ring (bicyclic) bond motifs is 2. The summed E-state index contributed by atoms with van der Waals surface area (Å²) in [5, 5.41) is 9.19. The zero-order valence-electron chi connectivity index (χ0n) is 22.3. The van der Waals surface area contributed by atoms with Gasteiger partial charge in [0, 0.05) is 38.7 Å². The van der Waals surface area contributed by atoms with E-state index >= 15 is 0 Å². The highest BCUT2D eigenvalue weighted by molar-refractivity contribution is 9.10. The van der Waals surface area contributed by atoms with Crippen LogP contribution in [0, 0.1) is 6.92 Å². The Morgan fingerprint density at radius 2 is 1.82 bits per heavy atom. The number of para-hydroxylation sites is 1. The minimum absolute atomic E-state index is 0.117. The number of rotatable bonds is 6. The van der Waals surface area contributed by atoms with Gasteiger partial charge in [-0.3, -0.25) is 9.59 Å². The number of aromatic nitrogens is 3. The lowest BCUT2D eigenvalue weighted by Crippen LogP contribution is -2.25. The molecule has 2 heterocycles. The van der Waals surface area contributed by atoms with Gasteiger partial charge in [-0.05, 0) is 56.2 Å². The smallest absolute Gasteiger partial charge is 0.282 e. The van der Waals surface area contributed by atoms with Crippen LogP contribution in [0.3, 0.4) is 0 Å². The maximum atomic E-state index is 13.7. The molecule has 1 aliphatic carbocycles. The largest absolute Gasteiger partial charge is 0.337 e. The molecule has 5 aromatic rings. The Kier molecular flexibility index (Phi) is 7.34. The van der Waals surface area contributed by atoms with Gasteiger partial charge in [0.15, 0.2) is 0 Å². The standard InChI is InChI=1S/C32H30BrN5O2/c1-21-11-14-25(15-12-21)35-30(39)20-37-19-23(26-9-5-6-10-29(26)37)18-34-38-31(22-7-3-2-4-8-22)36-28-16-13-24(33)17-27(28)32(38)40/h5-6,9-19,22H,2-4,7-8,20H2,1H3,(H,35,39). The Morgan fingerprint density at radius 3 is 2.62 bits per heavy atom. The molecule has 202 valence electrons. The fourth-order valence-electron chi connectivity index (χ4n) is 5.52. The van der Waals surface area contributed by atoms with Crippen LogP contribution in [0.5, 0.6) is 0 Å². The Hall–Kier alpha value is -4.04. The van der Waals surface area contributed by atoms with Gasteiger partial charge in [0.25, 0.3) is 5.56 Å². The molecule has 6 rings (SSSR count). The highest BCUT2D eigenvalue weighted by atomic mass is 79.9. The molecular formula is C32H30BrN5O2. The van der Waals surface area contributed by atoms with Gasteiger partial charge in [-0.25, -0.2) is 4.98 Å². The van der Waals surface area contributed by atoms with Crippen LogP contribution in [0.1, 0.15) is 55.0 Å². The lowest BCUT2D eigenvalue weighted by Gasteiger charge is -2.22. The quantitative estimate of drug-likeness (QED) is 0.215. The average molecular weight is 597 g/mol. The van der Waals surface area contributed by atoms with E-state index in [4.69, 9.17) is 10.1 Å². The number of benzene rings is 3. The summed E-state index contributed by atoms with van der Waals surface area (Å²) in [6.45, 7) is 2.17. The van der Waals surface area contributed by atoms with Crippen LogP contribution in [0.25, 0.3) is 21.8 Å². The summed E-state index contributed by atoms with van der Waals surface area (Å²) in [4.78, 5) is 31.5. The van der Waals surface area contributed by atoms with Gasteiger partial charge in [0.05, 0.1) is 17.1 Å². The Morgan fingerprint density at radius 1 is 1.05 bits per heavy atom. The lowest BCUT2D eigenvalue weighted by atomic mass is 9.88. The van der Waals surface area contributed by atoms with Crippen molar-refractivity contribution in [2.24, 2.45) is 5.10 Å². The third-order valence-corrected chi connectivity index (χ3v) is 8.08. The van der Waals surface area contributed by atoms with E-state index in [0.717, 1.165) is 63.7 Å². The molecule has 0 aliphatic heterocycles. The summed E-state index contributed by atoms with van der Waals surface area (Å²) < 4.78 is 4.23. The van der Waals surface area contributed by atoms with Gasteiger partial charge in [0.2, 0.25) is 5.91 Å². The van der Waals surface area contributed by atoms with Crippen molar-refractivity contribution in [1.29, 1.82) is 0 Å². The number of anilines is 1. The molecule has 1 N–H and O–H groups in total. The minimum Gasteiger partial charge on any atom is -0.337 e. The van der Waals surface area contributed by atoms with Gasteiger partial charge < -0.3 is 9.88 Å². The van der Waals surface area contributed by atoms with E-state index in [2.05, 4.69) is 21.2 Å². The highest BCUT2D eigenvalue weighted by Crippen LogP contribution is 2.32. The number of carbonyl (C=O) groups excluding carboxylic acids is 1. The maximum absolute atomic E-state index is 13.7. The van der Waals surface area contributed by atoms with Crippen molar-refractivity contribution >= 4 is 55.5 Å². The molecule has 1 saturated carbocycles. The number of halogens is 1. The van der Waals surface area contributed by atoms with Gasteiger partial charge in [-0.2, -0.15) is 9.78 Å². The second-order valence-electron chi connectivity index (χ2n) is 10.5. The lowest BCUT2D eigenvalue weighted by molar-refractivity contribution is -0.116. The van der Waals surface area contributed by atoms with Crippen LogP contribution in [0.15, 0.2) is 87.3 Å². The Balaban J connectivity index is 1.37. The van der Waals surface area contributed by atoms with Crippen LogP contribution in [-0.4, -0.2) is 26.3 Å². The van der Waals surface area contributed by atoms with Gasteiger partial charge in [0.1, 0.15) is 12.4 Å². The number of carbonyl (C=O) groups is 1. The summed E-state index contributed by atoms with van der Waals surface area (Å²) in [5.74, 6) is 0.795. The molecule has 1 amide bonds. The second kappa shape index (κ2) is 11.2. The van der Waals surface area contributed by atoms with Crippen LogP contribution in [-0.2, 0) is 11.3 Å². The third-order valence-electron chi connectivity index (χ3n) is 7.58. The van der Waals surface area contributed by atoms with Crippen molar-refractivity contribution < 1.29 is 4.79 Å². The van der Waals surface area contributed by atoms with Crippen LogP contribution < -0.4 is 10.9 Å². The molecule has 40 heavy (non-hydrogen) atoms. The van der Waals surface area contributed by atoms with E-state index in [1.165, 1.54) is 11.1 Å². The molecule has 0 spiro atoms. The zero-order valence-corrected chi connectivity index (χ0v) is 23.9. The first-order chi connectivity index (χ1) is 19.5. The van der Waals surface area contributed by atoms with Crippen molar-refractivity contribution in [3.05, 3.63) is 105 Å². The molecule has 0 radical (unpaired) electrons. The Labute approximate surface area is 240 Å². The summed E-state index contributed by atoms with van der Waals surface area (Å²) in [5.41, 5.74) is 4.16. The summed E-state index contributed by atoms with van der Waals surface area (Å²) in [6.07, 6.45) is 9.09. The molecule has 1 fully saturated rings. The molecule has 0 unspecified atom stereocenters. The fraction of sp³-hybridized carbons (Fsp3) is 0.250. The van der Waals surface area contributed by atoms with Crippen molar-refractivity contribution in [1.82, 2.24) is 14.2 Å². The van der Waals surface area contributed by atoms with Crippen molar-refractivity contribution in [2.45, 2.75) is 51.5 Å². The Bertz CT molecular complexity index is 1800. The molecule has 0 atom stereocenters. The van der Waals surface area contributed by atoms with E-state index in [1.807, 2.05) is 78.4 Å². The summed E-state index contributed by atoms with van der Waals surface area (Å²) in [7, 11) is 0. The number of nitrogens with one attached hydrogen (secondary N) is 1. The van der Waals surface area contributed by atoms with Gasteiger partial charge in [-0.1, -0.05) is 71.1 Å². The predicted octanol–water partition coefficient (Wildman–Crippen LogP) is 6.99. The molecule has 1 aliphatic rings. The van der Waals surface area contributed by atoms with Crippen molar-refractivity contribution in [3.8, 4) is 0 Å². The average Bonchev–Trinajstić information content (AvgIpc) is 3.31. The van der Waals surface area contributed by atoms with Gasteiger partial charge >= 0.3 is 0 Å². The molecule has 0 saturated heterocycles. The van der Waals surface area contributed by atoms with E-state index in [0.29, 0.717) is 10.9 Å². The van der Waals surface area contributed by atoms with Crippen LogP contribution in [0.2, 0.25) is 0 Å². The van der Waals surface area contributed by atoms with Crippen LogP contribution in [0.4, 0.5) is 5.69 Å². The molecule has 0 bridgehead atoms. The normalized spacial score (nSPS) is 14.3. The van der Waals surface area contributed by atoms with E-state index in [1.54, 1.807) is 12.3 Å². The molecule has 8 heteroatoms. The number of aryl methyl sites for hydroxylation is 1. The topological polar surface area (TPSA) is 81.3 Å². The number of hydrogen-bond acceptors (Lipinski definition) is 4. The van der Waals surface area contributed by atoms with Crippen molar-refractivity contribution in [3.63, 3.8) is 0 Å². The zero-order chi connectivity index (χ0) is 27.6. The van der Waals surface area contributed by atoms with Crippen LogP contribution >= 0.6 is 15.9 Å². The number of amides is 1. The maximum Gasteiger partial charge on any atom is 0.282 e. The summed E-state index contributed by atoms with van der Waals surface area (Å²) in [6, 6.07) is 21.3. The monoisotopic (exact) mass is 595 g/mol. The number of hydrogen-bond donors (Lipinski definition) is 1. The predicted molar refractivity (Wildman–Crippen MR) is 164 cm³/mol. The van der Waals surface area contributed by atoms with E-state index in [9.17, 15) is 9.59 Å². The third kappa shape index (κ3) is 5.36. The summed E-state index contributed by atoms with van der Waals surface area (Å²) >= 11 is 3.49. The second-order valence-corrected chi connectivity index (χ2v) is 11.4. The first kappa shape index (κ1) is 26.2. The minimum atomic E-state index is -0.177. The molecule has 7 nitrogen and oxygen atoms in total. The SMILES string of the molecule is Cc1ccc(NC(=O)Cn2cc(C=Nn3c(C4CCCCC4)nc4ccc(Br)cc4c3=O)c3ccccc32)cc1. The molecule has 3 aromatic carbocycles. The highest BCUT2D eigenvalue weighted by Gasteiger charge is 2.22.